The Labute approximate surface area is 147 Å². The number of ether oxygens (including phenoxy) is 1. The third-order valence-corrected chi connectivity index (χ3v) is 4.03. The van der Waals surface area contributed by atoms with Crippen LogP contribution in [0.1, 0.15) is 41.3 Å². The van der Waals surface area contributed by atoms with Crippen LogP contribution in [0.3, 0.4) is 0 Å². The Morgan fingerprint density at radius 1 is 1.16 bits per heavy atom. The summed E-state index contributed by atoms with van der Waals surface area (Å²) in [5, 5.41) is 13.9. The number of unbranched alkanes of at least 4 members (excludes halogenated alkanes) is 1. The minimum absolute atomic E-state index is 0.115. The Morgan fingerprint density at radius 3 is 2.44 bits per heavy atom. The molecule has 0 saturated carbocycles. The van der Waals surface area contributed by atoms with Crippen molar-refractivity contribution in [3.8, 4) is 5.75 Å². The number of nitro groups is 1. The molecule has 6 nitrogen and oxygen atoms in total. The van der Waals surface area contributed by atoms with Crippen molar-refractivity contribution in [2.24, 2.45) is 0 Å². The van der Waals surface area contributed by atoms with Crippen molar-refractivity contribution in [2.45, 2.75) is 33.6 Å². The molecule has 132 valence electrons. The predicted molar refractivity (Wildman–Crippen MR) is 97.4 cm³/mol. The third-order valence-electron chi connectivity index (χ3n) is 4.03. The van der Waals surface area contributed by atoms with Crippen LogP contribution in [0.15, 0.2) is 36.4 Å². The molecule has 0 spiro atoms. The maximum absolute atomic E-state index is 12.4. The second-order valence-corrected chi connectivity index (χ2v) is 5.84. The van der Waals surface area contributed by atoms with E-state index in [1.165, 1.54) is 6.07 Å². The van der Waals surface area contributed by atoms with E-state index in [4.69, 9.17) is 4.74 Å². The van der Waals surface area contributed by atoms with Crippen molar-refractivity contribution in [3.63, 3.8) is 0 Å². The van der Waals surface area contributed by atoms with Gasteiger partial charge in [0, 0.05) is 11.6 Å². The van der Waals surface area contributed by atoms with Crippen molar-refractivity contribution >= 4 is 17.3 Å². The van der Waals surface area contributed by atoms with Crippen molar-refractivity contribution in [1.82, 2.24) is 0 Å². The molecule has 0 unspecified atom stereocenters. The lowest BCUT2D eigenvalue weighted by Gasteiger charge is -2.11. The summed E-state index contributed by atoms with van der Waals surface area (Å²) in [7, 11) is 0. The SMILES string of the molecule is CCCCOc1ccc(C(=O)Nc2c([N+](=O)[O-])ccc(C)c2C)cc1. The van der Waals surface area contributed by atoms with E-state index in [9.17, 15) is 14.9 Å². The second kappa shape index (κ2) is 8.28. The molecule has 2 aromatic carbocycles. The van der Waals surface area contributed by atoms with E-state index >= 15 is 0 Å². The van der Waals surface area contributed by atoms with Crippen LogP contribution in [-0.2, 0) is 0 Å². The van der Waals surface area contributed by atoms with Gasteiger partial charge in [0.05, 0.1) is 11.5 Å². The number of anilines is 1. The molecule has 0 radical (unpaired) electrons. The summed E-state index contributed by atoms with van der Waals surface area (Å²) in [5.41, 5.74) is 2.09. The Hall–Kier alpha value is -2.89. The molecule has 0 atom stereocenters. The highest BCUT2D eigenvalue weighted by atomic mass is 16.6. The number of nitrogens with zero attached hydrogens (tertiary/aromatic N) is 1. The van der Waals surface area contributed by atoms with Crippen LogP contribution in [-0.4, -0.2) is 17.4 Å². The smallest absolute Gasteiger partial charge is 0.293 e. The van der Waals surface area contributed by atoms with Gasteiger partial charge in [-0.3, -0.25) is 14.9 Å². The Balaban J connectivity index is 2.17. The molecule has 6 heteroatoms. The molecule has 0 aliphatic rings. The summed E-state index contributed by atoms with van der Waals surface area (Å²) in [6, 6.07) is 9.82. The van der Waals surface area contributed by atoms with Crippen molar-refractivity contribution < 1.29 is 14.5 Å². The first kappa shape index (κ1) is 18.4. The van der Waals surface area contributed by atoms with Crippen molar-refractivity contribution in [2.75, 3.05) is 11.9 Å². The van der Waals surface area contributed by atoms with Gasteiger partial charge in [-0.15, -0.1) is 0 Å². The number of aryl methyl sites for hydroxylation is 1. The van der Waals surface area contributed by atoms with Crippen LogP contribution in [0.2, 0.25) is 0 Å². The number of carbonyl (C=O) groups is 1. The highest BCUT2D eigenvalue weighted by Gasteiger charge is 2.20. The van der Waals surface area contributed by atoms with Gasteiger partial charge >= 0.3 is 0 Å². The third kappa shape index (κ3) is 4.56. The van der Waals surface area contributed by atoms with Gasteiger partial charge in [0.25, 0.3) is 11.6 Å². The Morgan fingerprint density at radius 2 is 1.84 bits per heavy atom. The van der Waals surface area contributed by atoms with Gasteiger partial charge in [0.1, 0.15) is 11.4 Å². The number of hydrogen-bond donors (Lipinski definition) is 1. The van der Waals surface area contributed by atoms with Gasteiger partial charge in [-0.2, -0.15) is 0 Å². The van der Waals surface area contributed by atoms with E-state index in [2.05, 4.69) is 12.2 Å². The van der Waals surface area contributed by atoms with Gasteiger partial charge in [-0.25, -0.2) is 0 Å². The second-order valence-electron chi connectivity index (χ2n) is 5.84. The first-order valence-electron chi connectivity index (χ1n) is 8.22. The average Bonchev–Trinajstić information content (AvgIpc) is 2.59. The maximum atomic E-state index is 12.4. The number of nitrogens with one attached hydrogen (secondary N) is 1. The number of nitro benzene ring substituents is 1. The van der Waals surface area contributed by atoms with E-state index in [1.54, 1.807) is 37.3 Å². The van der Waals surface area contributed by atoms with Gasteiger partial charge in [-0.05, 0) is 55.7 Å². The summed E-state index contributed by atoms with van der Waals surface area (Å²) in [6.07, 6.45) is 2.02. The Kier molecular flexibility index (Phi) is 6.11. The quantitative estimate of drug-likeness (QED) is 0.451. The summed E-state index contributed by atoms with van der Waals surface area (Å²) < 4.78 is 5.56. The van der Waals surface area contributed by atoms with Crippen LogP contribution < -0.4 is 10.1 Å². The van der Waals surface area contributed by atoms with Crippen molar-refractivity contribution in [3.05, 3.63) is 63.2 Å². The molecule has 0 fully saturated rings. The van der Waals surface area contributed by atoms with E-state index < -0.39 is 10.8 Å². The largest absolute Gasteiger partial charge is 0.494 e. The first-order chi connectivity index (χ1) is 11.9. The van der Waals surface area contributed by atoms with Gasteiger partial charge in [0.15, 0.2) is 0 Å². The van der Waals surface area contributed by atoms with Crippen LogP contribution in [0.25, 0.3) is 0 Å². The molecule has 0 aliphatic heterocycles. The van der Waals surface area contributed by atoms with Gasteiger partial charge in [0.2, 0.25) is 0 Å². The lowest BCUT2D eigenvalue weighted by molar-refractivity contribution is -0.384. The first-order valence-corrected chi connectivity index (χ1v) is 8.22. The zero-order valence-corrected chi connectivity index (χ0v) is 14.7. The van der Waals surface area contributed by atoms with Gasteiger partial charge < -0.3 is 10.1 Å². The average molecular weight is 342 g/mol. The summed E-state index contributed by atoms with van der Waals surface area (Å²) in [5.74, 6) is 0.305. The summed E-state index contributed by atoms with van der Waals surface area (Å²) in [4.78, 5) is 23.2. The van der Waals surface area contributed by atoms with Crippen LogP contribution in [0, 0.1) is 24.0 Å². The van der Waals surface area contributed by atoms with E-state index in [0.717, 1.165) is 18.4 Å². The summed E-state index contributed by atoms with van der Waals surface area (Å²) in [6.45, 7) is 6.32. The van der Waals surface area contributed by atoms with Gasteiger partial charge in [-0.1, -0.05) is 19.4 Å². The zero-order chi connectivity index (χ0) is 18.4. The molecule has 0 bridgehead atoms. The topological polar surface area (TPSA) is 81.5 Å². The van der Waals surface area contributed by atoms with Crippen molar-refractivity contribution in [1.29, 1.82) is 0 Å². The molecule has 0 heterocycles. The maximum Gasteiger partial charge on any atom is 0.293 e. The lowest BCUT2D eigenvalue weighted by Crippen LogP contribution is -2.14. The number of carbonyl (C=O) groups excluding carboxylic acids is 1. The molecule has 2 aromatic rings. The summed E-state index contributed by atoms with van der Waals surface area (Å²) >= 11 is 0. The van der Waals surface area contributed by atoms with E-state index in [1.807, 2.05) is 6.92 Å². The predicted octanol–water partition coefficient (Wildman–Crippen LogP) is 4.64. The normalized spacial score (nSPS) is 10.4. The highest BCUT2D eigenvalue weighted by molar-refractivity contribution is 6.06. The van der Waals surface area contributed by atoms with E-state index in [0.29, 0.717) is 23.5 Å². The number of amides is 1. The molecule has 2 rings (SSSR count). The van der Waals surface area contributed by atoms with Crippen LogP contribution >= 0.6 is 0 Å². The number of rotatable bonds is 7. The Bertz CT molecular complexity index is 770. The monoisotopic (exact) mass is 342 g/mol. The highest BCUT2D eigenvalue weighted by Crippen LogP contribution is 2.30. The number of hydrogen-bond acceptors (Lipinski definition) is 4. The molecule has 25 heavy (non-hydrogen) atoms. The lowest BCUT2D eigenvalue weighted by atomic mass is 10.1. The van der Waals surface area contributed by atoms with E-state index in [-0.39, 0.29) is 11.4 Å². The fourth-order valence-electron chi connectivity index (χ4n) is 2.33. The number of benzene rings is 2. The molecular formula is C19H22N2O4. The minimum Gasteiger partial charge on any atom is -0.494 e. The fraction of sp³-hybridized carbons (Fsp3) is 0.316. The molecule has 1 amide bonds. The molecule has 0 aromatic heterocycles. The van der Waals surface area contributed by atoms with Crippen LogP contribution in [0.5, 0.6) is 5.75 Å². The zero-order valence-electron chi connectivity index (χ0n) is 14.7. The molecule has 1 N–H and O–H groups in total. The molecular weight excluding hydrogens is 320 g/mol. The standard InChI is InChI=1S/C19H22N2O4/c1-4-5-12-25-16-9-7-15(8-10-16)19(22)20-18-14(3)13(2)6-11-17(18)21(23)24/h6-11H,4-5,12H2,1-3H3,(H,20,22). The molecule has 0 saturated heterocycles. The molecule has 0 aliphatic carbocycles. The minimum atomic E-state index is -0.493. The fourth-order valence-corrected chi connectivity index (χ4v) is 2.33. The van der Waals surface area contributed by atoms with Crippen LogP contribution in [0.4, 0.5) is 11.4 Å².